The molecule has 94 valence electrons. The van der Waals surface area contributed by atoms with Gasteiger partial charge in [-0.1, -0.05) is 25.3 Å². The van der Waals surface area contributed by atoms with Gasteiger partial charge in [0.2, 0.25) is 0 Å². The fourth-order valence-electron chi connectivity index (χ4n) is 2.88. The summed E-state index contributed by atoms with van der Waals surface area (Å²) in [7, 11) is 0. The molecule has 1 fully saturated rings. The Hall–Kier alpha value is -0.890. The lowest BCUT2D eigenvalue weighted by atomic mass is 9.84. The lowest BCUT2D eigenvalue weighted by Crippen LogP contribution is -2.36. The number of pyridine rings is 1. The van der Waals surface area contributed by atoms with Crippen LogP contribution >= 0.6 is 0 Å². The quantitative estimate of drug-likeness (QED) is 0.856. The maximum Gasteiger partial charge on any atom is 0.0570 e. The number of rotatable bonds is 4. The van der Waals surface area contributed by atoms with Crippen LogP contribution in [0.4, 0.5) is 0 Å². The van der Waals surface area contributed by atoms with Gasteiger partial charge in [0, 0.05) is 18.3 Å². The van der Waals surface area contributed by atoms with E-state index in [0.29, 0.717) is 12.1 Å². The van der Waals surface area contributed by atoms with Crippen molar-refractivity contribution in [1.29, 1.82) is 0 Å². The van der Waals surface area contributed by atoms with Crippen molar-refractivity contribution in [3.8, 4) is 0 Å². The summed E-state index contributed by atoms with van der Waals surface area (Å²) in [6.07, 6.45) is 8.91. The molecule has 0 spiro atoms. The highest BCUT2D eigenvalue weighted by Crippen LogP contribution is 2.27. The van der Waals surface area contributed by atoms with E-state index < -0.39 is 0 Å². The van der Waals surface area contributed by atoms with Crippen molar-refractivity contribution in [2.75, 3.05) is 0 Å². The molecular weight excluding hydrogens is 208 g/mol. The van der Waals surface area contributed by atoms with E-state index in [1.165, 1.54) is 32.1 Å². The average Bonchev–Trinajstić information content (AvgIpc) is 2.40. The predicted octanol–water partition coefficient (Wildman–Crippen LogP) is 3.70. The first kappa shape index (κ1) is 12.6. The molecule has 2 heteroatoms. The van der Waals surface area contributed by atoms with E-state index in [1.54, 1.807) is 0 Å². The highest BCUT2D eigenvalue weighted by Gasteiger charge is 2.21. The van der Waals surface area contributed by atoms with Gasteiger partial charge in [-0.05, 0) is 44.7 Å². The highest BCUT2D eigenvalue weighted by atomic mass is 15.0. The molecule has 1 aromatic heterocycles. The molecule has 0 saturated heterocycles. The molecule has 0 aliphatic heterocycles. The Balaban J connectivity index is 1.87. The minimum atomic E-state index is 0.355. The maximum atomic E-state index is 4.41. The molecule has 1 saturated carbocycles. The lowest BCUT2D eigenvalue weighted by molar-refractivity contribution is 0.267. The Morgan fingerprint density at radius 1 is 1.18 bits per heavy atom. The van der Waals surface area contributed by atoms with E-state index in [9.17, 15) is 0 Å². The summed E-state index contributed by atoms with van der Waals surface area (Å²) in [6.45, 7) is 4.54. The summed E-state index contributed by atoms with van der Waals surface area (Å²) < 4.78 is 0. The van der Waals surface area contributed by atoms with Crippen LogP contribution in [0.5, 0.6) is 0 Å². The van der Waals surface area contributed by atoms with Gasteiger partial charge in [-0.25, -0.2) is 0 Å². The molecule has 0 bridgehead atoms. The summed E-state index contributed by atoms with van der Waals surface area (Å²) in [5.41, 5.74) is 1.15. The molecule has 0 amide bonds. The van der Waals surface area contributed by atoms with E-state index in [0.717, 1.165) is 11.6 Å². The van der Waals surface area contributed by atoms with Gasteiger partial charge in [0.15, 0.2) is 0 Å². The molecule has 2 rings (SSSR count). The van der Waals surface area contributed by atoms with Gasteiger partial charge in [-0.3, -0.25) is 4.98 Å². The van der Waals surface area contributed by atoms with Crippen LogP contribution in [0.25, 0.3) is 0 Å². The topological polar surface area (TPSA) is 24.9 Å². The van der Waals surface area contributed by atoms with Gasteiger partial charge < -0.3 is 5.32 Å². The smallest absolute Gasteiger partial charge is 0.0570 e. The third-order valence-electron chi connectivity index (χ3n) is 4.00. The maximum absolute atomic E-state index is 4.41. The summed E-state index contributed by atoms with van der Waals surface area (Å²) in [4.78, 5) is 4.41. The molecule has 2 nitrogen and oxygen atoms in total. The zero-order valence-electron chi connectivity index (χ0n) is 11.0. The first-order valence-corrected chi connectivity index (χ1v) is 6.94. The molecule has 0 aromatic carbocycles. The minimum absolute atomic E-state index is 0.355. The highest BCUT2D eigenvalue weighted by molar-refractivity contribution is 5.07. The largest absolute Gasteiger partial charge is 0.306 e. The third-order valence-corrected chi connectivity index (χ3v) is 4.00. The molecule has 1 N–H and O–H groups in total. The van der Waals surface area contributed by atoms with Crippen LogP contribution in [0.1, 0.15) is 57.7 Å². The summed E-state index contributed by atoms with van der Waals surface area (Å²) >= 11 is 0. The molecule has 17 heavy (non-hydrogen) atoms. The first-order chi connectivity index (χ1) is 8.27. The molecule has 1 aliphatic carbocycles. The molecule has 1 aliphatic rings. The predicted molar refractivity (Wildman–Crippen MR) is 71.8 cm³/mol. The van der Waals surface area contributed by atoms with Gasteiger partial charge in [0.05, 0.1) is 5.69 Å². The fraction of sp³-hybridized carbons (Fsp3) is 0.667. The van der Waals surface area contributed by atoms with Gasteiger partial charge in [0.25, 0.3) is 0 Å². The van der Waals surface area contributed by atoms with Crippen molar-refractivity contribution in [1.82, 2.24) is 10.3 Å². The van der Waals surface area contributed by atoms with E-state index in [-0.39, 0.29) is 0 Å². The van der Waals surface area contributed by atoms with Gasteiger partial charge >= 0.3 is 0 Å². The van der Waals surface area contributed by atoms with Crippen molar-refractivity contribution < 1.29 is 0 Å². The number of aromatic nitrogens is 1. The normalized spacial score (nSPS) is 21.1. The van der Waals surface area contributed by atoms with Crippen LogP contribution in [0.3, 0.4) is 0 Å². The summed E-state index contributed by atoms with van der Waals surface area (Å²) in [6, 6.07) is 7.10. The van der Waals surface area contributed by atoms with E-state index in [4.69, 9.17) is 0 Å². The Kier molecular flexibility index (Phi) is 4.55. The average molecular weight is 232 g/mol. The second kappa shape index (κ2) is 6.15. The lowest BCUT2D eigenvalue weighted by Gasteiger charge is -2.30. The zero-order chi connectivity index (χ0) is 12.1. The molecule has 1 unspecified atom stereocenters. The van der Waals surface area contributed by atoms with Crippen LogP contribution in [0.2, 0.25) is 0 Å². The second-order valence-corrected chi connectivity index (χ2v) is 5.33. The van der Waals surface area contributed by atoms with Crippen LogP contribution in [-0.2, 0) is 0 Å². The van der Waals surface area contributed by atoms with E-state index in [2.05, 4.69) is 36.3 Å². The van der Waals surface area contributed by atoms with Crippen molar-refractivity contribution in [2.45, 2.75) is 58.0 Å². The standard InChI is InChI=1S/C15H24N2/c1-12(14-8-4-3-5-9-14)17-13(2)15-10-6-7-11-16-15/h6-7,10-14,17H,3-5,8-9H2,1-2H3/t12-,13?/m1/s1. The Morgan fingerprint density at radius 3 is 2.59 bits per heavy atom. The van der Waals surface area contributed by atoms with Crippen molar-refractivity contribution in [3.63, 3.8) is 0 Å². The zero-order valence-corrected chi connectivity index (χ0v) is 11.0. The molecule has 1 aromatic rings. The second-order valence-electron chi connectivity index (χ2n) is 5.33. The van der Waals surface area contributed by atoms with Gasteiger partial charge in [0.1, 0.15) is 0 Å². The Bertz CT molecular complexity index is 317. The van der Waals surface area contributed by atoms with Crippen LogP contribution < -0.4 is 5.32 Å². The number of nitrogens with one attached hydrogen (secondary N) is 1. The monoisotopic (exact) mass is 232 g/mol. The first-order valence-electron chi connectivity index (χ1n) is 6.94. The molecule has 0 radical (unpaired) electrons. The molecule has 1 heterocycles. The van der Waals surface area contributed by atoms with Crippen molar-refractivity contribution >= 4 is 0 Å². The number of hydrogen-bond acceptors (Lipinski definition) is 2. The summed E-state index contributed by atoms with van der Waals surface area (Å²) in [5.74, 6) is 0.856. The van der Waals surface area contributed by atoms with Crippen LogP contribution in [-0.4, -0.2) is 11.0 Å². The Morgan fingerprint density at radius 2 is 1.94 bits per heavy atom. The SMILES string of the molecule is CC(N[C@H](C)C1CCCCC1)c1ccccn1. The number of hydrogen-bond donors (Lipinski definition) is 1. The third kappa shape index (κ3) is 3.53. The minimum Gasteiger partial charge on any atom is -0.306 e. The van der Waals surface area contributed by atoms with Crippen LogP contribution in [0, 0.1) is 5.92 Å². The van der Waals surface area contributed by atoms with E-state index in [1.807, 2.05) is 12.3 Å². The fourth-order valence-corrected chi connectivity index (χ4v) is 2.88. The van der Waals surface area contributed by atoms with Gasteiger partial charge in [-0.2, -0.15) is 0 Å². The van der Waals surface area contributed by atoms with E-state index >= 15 is 0 Å². The van der Waals surface area contributed by atoms with Crippen molar-refractivity contribution in [2.24, 2.45) is 5.92 Å². The van der Waals surface area contributed by atoms with Crippen molar-refractivity contribution in [3.05, 3.63) is 30.1 Å². The molecule has 2 atom stereocenters. The van der Waals surface area contributed by atoms with Crippen LogP contribution in [0.15, 0.2) is 24.4 Å². The Labute approximate surface area is 105 Å². The van der Waals surface area contributed by atoms with Gasteiger partial charge in [-0.15, -0.1) is 0 Å². The number of nitrogens with zero attached hydrogens (tertiary/aromatic N) is 1. The molecular formula is C15H24N2. The summed E-state index contributed by atoms with van der Waals surface area (Å²) in [5, 5.41) is 3.70.